The van der Waals surface area contributed by atoms with E-state index in [4.69, 9.17) is 9.47 Å². The van der Waals surface area contributed by atoms with Crippen LogP contribution in [0, 0.1) is 20.2 Å². The van der Waals surface area contributed by atoms with Gasteiger partial charge in [0.1, 0.15) is 0 Å². The molecule has 0 radical (unpaired) electrons. The molecule has 2 unspecified atom stereocenters. The predicted octanol–water partition coefficient (Wildman–Crippen LogP) is 3.89. The van der Waals surface area contributed by atoms with Crippen LogP contribution in [0.25, 0.3) is 12.2 Å². The summed E-state index contributed by atoms with van der Waals surface area (Å²) in [7, 11) is 0. The first-order valence-corrected chi connectivity index (χ1v) is 8.61. The lowest BCUT2D eigenvalue weighted by Crippen LogP contribution is -2.01. The van der Waals surface area contributed by atoms with E-state index in [1.54, 1.807) is 24.3 Å². The number of nitro benzene ring substituents is 2. The summed E-state index contributed by atoms with van der Waals surface area (Å²) in [6, 6.07) is 2.50. The molecule has 1 aromatic rings. The molecule has 0 amide bonds. The first-order chi connectivity index (χ1) is 12.5. The fourth-order valence-electron chi connectivity index (χ4n) is 3.13. The predicted molar refractivity (Wildman–Crippen MR) is 95.8 cm³/mol. The van der Waals surface area contributed by atoms with Crippen LogP contribution < -0.4 is 0 Å². The lowest BCUT2D eigenvalue weighted by Gasteiger charge is -2.06. The van der Waals surface area contributed by atoms with E-state index in [-0.39, 0.29) is 23.6 Å². The van der Waals surface area contributed by atoms with Gasteiger partial charge in [0.2, 0.25) is 0 Å². The van der Waals surface area contributed by atoms with E-state index in [0.717, 1.165) is 31.7 Å². The molecule has 2 aliphatic heterocycles. The van der Waals surface area contributed by atoms with Gasteiger partial charge in [-0.25, -0.2) is 0 Å². The quantitative estimate of drug-likeness (QED) is 0.563. The van der Waals surface area contributed by atoms with Gasteiger partial charge in [0.25, 0.3) is 11.4 Å². The van der Waals surface area contributed by atoms with Gasteiger partial charge in [-0.2, -0.15) is 0 Å². The molecule has 0 aromatic heterocycles. The molecular formula is C18H20N2O6. The van der Waals surface area contributed by atoms with Crippen molar-refractivity contribution < 1.29 is 19.3 Å². The largest absolute Gasteiger partial charge is 0.374 e. The highest BCUT2D eigenvalue weighted by Crippen LogP contribution is 2.32. The van der Waals surface area contributed by atoms with Gasteiger partial charge < -0.3 is 9.47 Å². The van der Waals surface area contributed by atoms with Crippen LogP contribution in [0.5, 0.6) is 0 Å². The number of nitro groups is 2. The monoisotopic (exact) mass is 360 g/mol. The number of hydrogen-bond donors (Lipinski definition) is 0. The van der Waals surface area contributed by atoms with Gasteiger partial charge in [-0.1, -0.05) is 12.2 Å². The number of rotatable bonds is 6. The maximum atomic E-state index is 11.4. The molecule has 26 heavy (non-hydrogen) atoms. The fraction of sp³-hybridized carbons (Fsp3) is 0.444. The van der Waals surface area contributed by atoms with Crippen molar-refractivity contribution in [2.75, 3.05) is 13.2 Å². The van der Waals surface area contributed by atoms with E-state index in [9.17, 15) is 20.2 Å². The number of hydrogen-bond acceptors (Lipinski definition) is 6. The summed E-state index contributed by atoms with van der Waals surface area (Å²) < 4.78 is 11.0. The topological polar surface area (TPSA) is 105 Å². The van der Waals surface area contributed by atoms with E-state index < -0.39 is 9.85 Å². The summed E-state index contributed by atoms with van der Waals surface area (Å²) in [5.74, 6) is 0. The van der Waals surface area contributed by atoms with Crippen LogP contribution >= 0.6 is 0 Å². The standard InChI is InChI=1S/C18H20N2O6/c21-19(22)17-12-18(20(23)24)14(6-8-16-4-2-10-26-16)11-13(17)5-7-15-3-1-9-25-15/h5-8,11-12,15-16H,1-4,9-10H2/b7-5+,8-6+. The summed E-state index contributed by atoms with van der Waals surface area (Å²) in [6.45, 7) is 1.35. The number of ether oxygens (including phenoxy) is 2. The van der Waals surface area contributed by atoms with Crippen LogP contribution in [0.4, 0.5) is 11.4 Å². The van der Waals surface area contributed by atoms with Gasteiger partial charge in [-0.3, -0.25) is 20.2 Å². The second-order valence-corrected chi connectivity index (χ2v) is 6.31. The molecule has 0 spiro atoms. The Hall–Kier alpha value is -2.58. The highest BCUT2D eigenvalue weighted by atomic mass is 16.6. The second-order valence-electron chi connectivity index (χ2n) is 6.31. The summed E-state index contributed by atoms with van der Waals surface area (Å²) in [4.78, 5) is 21.5. The van der Waals surface area contributed by atoms with E-state index in [1.807, 2.05) is 0 Å². The molecule has 8 heteroatoms. The highest BCUT2D eigenvalue weighted by molar-refractivity contribution is 5.73. The molecule has 0 bridgehead atoms. The van der Waals surface area contributed by atoms with Crippen molar-refractivity contribution in [2.45, 2.75) is 37.9 Å². The Labute approximate surface area is 150 Å². The van der Waals surface area contributed by atoms with Crippen molar-refractivity contribution in [3.63, 3.8) is 0 Å². The molecule has 3 rings (SSSR count). The Morgan fingerprint density at radius 3 is 1.65 bits per heavy atom. The Kier molecular flexibility index (Phi) is 5.75. The van der Waals surface area contributed by atoms with Crippen molar-refractivity contribution in [1.82, 2.24) is 0 Å². The molecule has 2 saturated heterocycles. The van der Waals surface area contributed by atoms with Gasteiger partial charge >= 0.3 is 0 Å². The SMILES string of the molecule is O=[N+]([O-])c1cc([N+](=O)[O-])c(/C=C/C2CCCO2)cc1/C=C/C1CCCO1. The third kappa shape index (κ3) is 4.33. The van der Waals surface area contributed by atoms with Crippen molar-refractivity contribution in [3.8, 4) is 0 Å². The molecule has 2 aliphatic rings. The molecule has 138 valence electrons. The van der Waals surface area contributed by atoms with E-state index in [1.165, 1.54) is 6.07 Å². The molecule has 1 aromatic carbocycles. The van der Waals surface area contributed by atoms with Gasteiger partial charge in [-0.05, 0) is 43.9 Å². The minimum atomic E-state index is -0.601. The summed E-state index contributed by atoms with van der Waals surface area (Å²) in [5, 5.41) is 22.7. The van der Waals surface area contributed by atoms with Crippen molar-refractivity contribution in [2.24, 2.45) is 0 Å². The zero-order valence-corrected chi connectivity index (χ0v) is 14.2. The van der Waals surface area contributed by atoms with Crippen LogP contribution in [0.2, 0.25) is 0 Å². The van der Waals surface area contributed by atoms with Gasteiger partial charge in [0.05, 0.1) is 39.2 Å². The zero-order valence-electron chi connectivity index (χ0n) is 14.2. The van der Waals surface area contributed by atoms with E-state index in [0.29, 0.717) is 24.3 Å². The van der Waals surface area contributed by atoms with Crippen molar-refractivity contribution in [1.29, 1.82) is 0 Å². The Bertz CT molecular complexity index is 687. The summed E-state index contributed by atoms with van der Waals surface area (Å²) in [5.41, 5.74) is 0.0617. The first kappa shape index (κ1) is 18.2. The Balaban J connectivity index is 1.96. The average Bonchev–Trinajstić information content (AvgIpc) is 3.31. The van der Waals surface area contributed by atoms with E-state index >= 15 is 0 Å². The van der Waals surface area contributed by atoms with Crippen molar-refractivity contribution >= 4 is 23.5 Å². The lowest BCUT2D eigenvalue weighted by molar-refractivity contribution is -0.394. The Morgan fingerprint density at radius 2 is 1.31 bits per heavy atom. The van der Waals surface area contributed by atoms with Crippen LogP contribution in [0.3, 0.4) is 0 Å². The minimum Gasteiger partial charge on any atom is -0.374 e. The Morgan fingerprint density at radius 1 is 0.846 bits per heavy atom. The maximum Gasteiger partial charge on any atom is 0.283 e. The van der Waals surface area contributed by atoms with Crippen LogP contribution in [-0.4, -0.2) is 35.3 Å². The molecule has 2 heterocycles. The smallest absolute Gasteiger partial charge is 0.283 e. The molecule has 0 aliphatic carbocycles. The molecule has 8 nitrogen and oxygen atoms in total. The summed E-state index contributed by atoms with van der Waals surface area (Å²) >= 11 is 0. The van der Waals surface area contributed by atoms with Crippen molar-refractivity contribution in [3.05, 3.63) is 55.6 Å². The first-order valence-electron chi connectivity index (χ1n) is 8.61. The van der Waals surface area contributed by atoms with Crippen LogP contribution in [0.1, 0.15) is 36.8 Å². The molecule has 2 fully saturated rings. The fourth-order valence-corrected chi connectivity index (χ4v) is 3.13. The molecule has 2 atom stereocenters. The maximum absolute atomic E-state index is 11.4. The van der Waals surface area contributed by atoms with Crippen LogP contribution in [0.15, 0.2) is 24.3 Å². The minimum absolute atomic E-state index is 0.0734. The van der Waals surface area contributed by atoms with Gasteiger partial charge in [0, 0.05) is 13.2 Å². The zero-order chi connectivity index (χ0) is 18.5. The average molecular weight is 360 g/mol. The van der Waals surface area contributed by atoms with Crippen LogP contribution in [-0.2, 0) is 9.47 Å². The number of benzene rings is 1. The van der Waals surface area contributed by atoms with Gasteiger partial charge in [0.15, 0.2) is 0 Å². The third-order valence-corrected chi connectivity index (χ3v) is 4.48. The normalized spacial score (nSPS) is 23.2. The third-order valence-electron chi connectivity index (χ3n) is 4.48. The molecule has 0 saturated carbocycles. The highest BCUT2D eigenvalue weighted by Gasteiger charge is 2.23. The van der Waals surface area contributed by atoms with Gasteiger partial charge in [-0.15, -0.1) is 0 Å². The molecular weight excluding hydrogens is 340 g/mol. The van der Waals surface area contributed by atoms with E-state index in [2.05, 4.69) is 0 Å². The lowest BCUT2D eigenvalue weighted by atomic mass is 10.0. The second kappa shape index (κ2) is 8.20. The number of nitrogens with zero attached hydrogens (tertiary/aromatic N) is 2. The molecule has 0 N–H and O–H groups in total. The summed E-state index contributed by atoms with van der Waals surface area (Å²) in [6.07, 6.45) is 10.3.